The molecule has 2 aromatic rings. The number of carbonyl (C=O) groups is 3. The molecular weight excluding hydrogens is 408 g/mol. The quantitative estimate of drug-likeness (QED) is 0.486. The maximum absolute atomic E-state index is 12.8. The van der Waals surface area contributed by atoms with Gasteiger partial charge in [0.25, 0.3) is 0 Å². The number of esters is 1. The summed E-state index contributed by atoms with van der Waals surface area (Å²) in [6.07, 6.45) is -1.14. The monoisotopic (exact) mass is 438 g/mol. The summed E-state index contributed by atoms with van der Waals surface area (Å²) in [6.45, 7) is 6.37. The number of amides is 2. The molecular formula is C25H28N2O5. The third-order valence-electron chi connectivity index (χ3n) is 6.00. The van der Waals surface area contributed by atoms with Gasteiger partial charge in [0.1, 0.15) is 20.1 Å². The Morgan fingerprint density at radius 3 is 2.06 bits per heavy atom. The van der Waals surface area contributed by atoms with Crippen LogP contribution in [0.3, 0.4) is 0 Å². The molecule has 7 heteroatoms. The Labute approximate surface area is 189 Å². The molecule has 0 spiro atoms. The van der Waals surface area contributed by atoms with Gasteiger partial charge in [-0.3, -0.25) is 9.69 Å². The zero-order valence-electron chi connectivity index (χ0n) is 19.7. The lowest BCUT2D eigenvalue weighted by Crippen LogP contribution is -2.51. The van der Waals surface area contributed by atoms with Crippen LogP contribution in [-0.2, 0) is 19.1 Å². The highest BCUT2D eigenvalue weighted by molar-refractivity contribution is 5.89. The summed E-state index contributed by atoms with van der Waals surface area (Å²) in [5, 5.41) is 0. The van der Waals surface area contributed by atoms with Crippen LogP contribution in [0.5, 0.6) is 0 Å². The van der Waals surface area contributed by atoms with Gasteiger partial charge >= 0.3 is 12.1 Å². The molecule has 2 atom stereocenters. The summed E-state index contributed by atoms with van der Waals surface area (Å²) in [6, 6.07) is 14.3. The van der Waals surface area contributed by atoms with E-state index in [-0.39, 0.29) is 12.5 Å². The van der Waals surface area contributed by atoms with E-state index in [1.54, 1.807) is 6.92 Å². The summed E-state index contributed by atoms with van der Waals surface area (Å²) < 4.78 is 17.4. The fraction of sp³-hybridized carbons (Fsp3) is 0.320. The largest absolute Gasteiger partial charge is 0.448 e. The van der Waals surface area contributed by atoms with Crippen molar-refractivity contribution >= 4 is 18.0 Å². The van der Waals surface area contributed by atoms with E-state index in [0.29, 0.717) is 0 Å². The van der Waals surface area contributed by atoms with Crippen LogP contribution in [-0.4, -0.2) is 60.6 Å². The van der Waals surface area contributed by atoms with E-state index in [2.05, 4.69) is 23.4 Å². The van der Waals surface area contributed by atoms with Gasteiger partial charge in [-0.2, -0.15) is 0 Å². The predicted molar refractivity (Wildman–Crippen MR) is 121 cm³/mol. The Hall–Kier alpha value is -3.61. The summed E-state index contributed by atoms with van der Waals surface area (Å²) in [7, 11) is 2.91. The fourth-order valence-electron chi connectivity index (χ4n) is 3.82. The first kappa shape index (κ1) is 21.6. The van der Waals surface area contributed by atoms with Crippen LogP contribution in [0, 0.1) is 0 Å². The smallest absolute Gasteiger partial charge is 0.410 e. The molecule has 2 amide bonds. The van der Waals surface area contributed by atoms with Crippen molar-refractivity contribution in [1.29, 1.82) is 0 Å². The topological polar surface area (TPSA) is 76.2 Å². The minimum atomic E-state index is -0.946. The van der Waals surface area contributed by atoms with Crippen LogP contribution < -0.4 is 0 Å². The Morgan fingerprint density at radius 2 is 1.53 bits per heavy atom. The van der Waals surface area contributed by atoms with Crippen LogP contribution in [0.25, 0.3) is 11.1 Å². The first-order valence-electron chi connectivity index (χ1n) is 10.8. The van der Waals surface area contributed by atoms with Crippen molar-refractivity contribution in [3.8, 4) is 11.1 Å². The summed E-state index contributed by atoms with van der Waals surface area (Å²) in [5.41, 5.74) is 4.45. The van der Waals surface area contributed by atoms with Gasteiger partial charge < -0.3 is 14.4 Å². The van der Waals surface area contributed by atoms with Crippen molar-refractivity contribution in [1.82, 2.24) is 9.80 Å². The molecule has 2 aromatic carbocycles. The summed E-state index contributed by atoms with van der Waals surface area (Å²) in [5.74, 6) is -1.33. The highest BCUT2D eigenvalue weighted by atomic mass is 16.6. The van der Waals surface area contributed by atoms with E-state index in [4.69, 9.17) is 6.11 Å². The molecule has 0 aromatic heterocycles. The number of hydrogen-bond donors (Lipinski definition) is 0. The Balaban J connectivity index is 1.64. The van der Waals surface area contributed by atoms with Gasteiger partial charge in [-0.05, 0) is 36.1 Å². The second kappa shape index (κ2) is 9.68. The molecule has 0 N–H and O–H groups in total. The molecule has 32 heavy (non-hydrogen) atoms. The molecule has 0 bridgehead atoms. The van der Waals surface area contributed by atoms with Crippen LogP contribution >= 0.6 is 0 Å². The molecule has 0 fully saturated rings. The summed E-state index contributed by atoms with van der Waals surface area (Å²) >= 11 is 0. The molecule has 168 valence electrons. The normalized spacial score (nSPS) is 14.3. The first-order valence-corrected chi connectivity index (χ1v) is 10.3. The average Bonchev–Trinajstić information content (AvgIpc) is 3.13. The van der Waals surface area contributed by atoms with Crippen molar-refractivity contribution in [2.45, 2.75) is 31.8 Å². The maximum Gasteiger partial charge on any atom is 0.410 e. The van der Waals surface area contributed by atoms with Gasteiger partial charge in [0.2, 0.25) is 5.91 Å². The standard InChI is InChI=1S/C25H28N2O5/c1-6-31-24(29)17(3)26(4)23(28)16(2)27(5)25(30)32-15-22-20-13-9-7-11-18(20)19-12-8-10-14-21(19)22/h6-14,16-17,22H,1,15H2,2-5H3/t16-,17-/m0/s1/i6T. The third kappa shape index (κ3) is 4.37. The average molecular weight is 439 g/mol. The number of fused-ring (bicyclic) bond motifs is 3. The number of ether oxygens (including phenoxy) is 2. The molecule has 1 aliphatic rings. The number of carbonyl (C=O) groups excluding carboxylic acids is 3. The Bertz CT molecular complexity index is 1040. The number of benzene rings is 2. The molecule has 0 heterocycles. The second-order valence-corrected chi connectivity index (χ2v) is 7.78. The molecule has 3 rings (SSSR count). The van der Waals surface area contributed by atoms with Gasteiger partial charge in [-0.25, -0.2) is 9.59 Å². The summed E-state index contributed by atoms with van der Waals surface area (Å²) in [4.78, 5) is 39.9. The predicted octanol–water partition coefficient (Wildman–Crippen LogP) is 3.79. The minimum absolute atomic E-state index is 0.0869. The zero-order valence-corrected chi connectivity index (χ0v) is 18.7. The highest BCUT2D eigenvalue weighted by Gasteiger charge is 2.33. The lowest BCUT2D eigenvalue weighted by atomic mass is 9.98. The van der Waals surface area contributed by atoms with E-state index in [9.17, 15) is 14.4 Å². The van der Waals surface area contributed by atoms with Crippen LogP contribution in [0.4, 0.5) is 4.79 Å². The van der Waals surface area contributed by atoms with Crippen molar-refractivity contribution in [3.63, 3.8) is 0 Å². The van der Waals surface area contributed by atoms with Crippen molar-refractivity contribution in [3.05, 3.63) is 72.5 Å². The lowest BCUT2D eigenvalue weighted by molar-refractivity contribution is -0.150. The fourth-order valence-corrected chi connectivity index (χ4v) is 3.82. The maximum atomic E-state index is 12.8. The molecule has 0 unspecified atom stereocenters. The molecule has 7 nitrogen and oxygen atoms in total. The van der Waals surface area contributed by atoms with Gasteiger partial charge in [0.15, 0.2) is 0 Å². The van der Waals surface area contributed by atoms with Crippen LogP contribution in [0.1, 0.15) is 32.3 Å². The second-order valence-electron chi connectivity index (χ2n) is 7.78. The number of nitrogens with zero attached hydrogens (tertiary/aromatic N) is 2. The molecule has 1 aliphatic carbocycles. The van der Waals surface area contributed by atoms with E-state index in [1.165, 1.54) is 30.8 Å². The van der Waals surface area contributed by atoms with E-state index in [0.717, 1.165) is 22.3 Å². The molecule has 0 saturated carbocycles. The Kier molecular flexibility index (Phi) is 6.54. The van der Waals surface area contributed by atoms with E-state index < -0.39 is 36.3 Å². The SMILES string of the molecule is [3H]C(=C)OC(=O)[C@H](C)N(C)C(=O)[C@H](C)N(C)C(=O)OCC1c2ccccc2-c2ccccc21. The minimum Gasteiger partial charge on any atom is -0.448 e. The van der Waals surface area contributed by atoms with Crippen LogP contribution in [0.15, 0.2) is 61.3 Å². The zero-order chi connectivity index (χ0) is 24.3. The number of rotatable bonds is 7. The first-order chi connectivity index (χ1) is 15.6. The highest BCUT2D eigenvalue weighted by Crippen LogP contribution is 2.44. The van der Waals surface area contributed by atoms with E-state index in [1.807, 2.05) is 36.4 Å². The van der Waals surface area contributed by atoms with Gasteiger partial charge in [0, 0.05) is 20.0 Å². The molecule has 0 aliphatic heterocycles. The van der Waals surface area contributed by atoms with Crippen molar-refractivity contribution in [2.24, 2.45) is 0 Å². The van der Waals surface area contributed by atoms with Crippen molar-refractivity contribution in [2.75, 3.05) is 20.7 Å². The molecule has 0 saturated heterocycles. The van der Waals surface area contributed by atoms with E-state index >= 15 is 0 Å². The Morgan fingerprint density at radius 1 is 1.00 bits per heavy atom. The lowest BCUT2D eigenvalue weighted by Gasteiger charge is -2.30. The van der Waals surface area contributed by atoms with Gasteiger partial charge in [-0.15, -0.1) is 0 Å². The number of hydrogen-bond acceptors (Lipinski definition) is 5. The number of likely N-dealkylation sites (N-methyl/N-ethyl adjacent to an activating group) is 2. The molecule has 0 radical (unpaired) electrons. The van der Waals surface area contributed by atoms with Gasteiger partial charge in [-0.1, -0.05) is 55.1 Å². The van der Waals surface area contributed by atoms with Crippen molar-refractivity contribution < 1.29 is 25.2 Å². The van der Waals surface area contributed by atoms with Crippen LogP contribution in [0.2, 0.25) is 0 Å². The third-order valence-corrected chi connectivity index (χ3v) is 6.00. The van der Waals surface area contributed by atoms with Gasteiger partial charge in [0.05, 0.1) is 6.24 Å².